The van der Waals surface area contributed by atoms with E-state index in [4.69, 9.17) is 16.1 Å². The number of hydrogen-bond donors (Lipinski definition) is 4. The second-order valence-corrected chi connectivity index (χ2v) is 6.06. The third kappa shape index (κ3) is 6.59. The van der Waals surface area contributed by atoms with Gasteiger partial charge in [0, 0.05) is 19.7 Å². The van der Waals surface area contributed by atoms with Crippen molar-refractivity contribution >= 4 is 13.5 Å². The van der Waals surface area contributed by atoms with Gasteiger partial charge in [0.1, 0.15) is 5.54 Å². The van der Waals surface area contributed by atoms with E-state index < -0.39 is 11.5 Å². The standard InChI is InChI=1S/C13H27BN2O6/c15-13(12(18)19,4-1-2-6-14-21-22-20)5-8-16-7-3-11(9-16)10-17/h11,14,17,20H,1-10,15H2,(H,18,19)/t11?,13-/m1/s1. The molecule has 0 bridgehead atoms. The first-order valence-corrected chi connectivity index (χ1v) is 7.80. The first kappa shape index (κ1) is 19.3. The first-order chi connectivity index (χ1) is 10.5. The third-order valence-electron chi connectivity index (χ3n) is 4.33. The number of likely N-dealkylation sites (tertiary alicyclic amines) is 1. The summed E-state index contributed by atoms with van der Waals surface area (Å²) in [5.74, 6) is -0.675. The molecule has 0 saturated carbocycles. The number of carboxylic acids is 1. The van der Waals surface area contributed by atoms with E-state index in [2.05, 4.69) is 14.7 Å². The van der Waals surface area contributed by atoms with Gasteiger partial charge in [0.05, 0.1) is 0 Å². The fourth-order valence-corrected chi connectivity index (χ4v) is 2.78. The molecule has 2 atom stereocenters. The zero-order chi connectivity index (χ0) is 16.4. The first-order valence-electron chi connectivity index (χ1n) is 7.80. The fourth-order valence-electron chi connectivity index (χ4n) is 2.78. The van der Waals surface area contributed by atoms with Gasteiger partial charge in [-0.3, -0.25) is 9.60 Å². The van der Waals surface area contributed by atoms with Gasteiger partial charge in [0.2, 0.25) is 0 Å². The van der Waals surface area contributed by atoms with Crippen LogP contribution in [0, 0.1) is 5.92 Å². The second kappa shape index (κ2) is 10.1. The van der Waals surface area contributed by atoms with Crippen molar-refractivity contribution in [1.29, 1.82) is 0 Å². The lowest BCUT2D eigenvalue weighted by molar-refractivity contribution is -0.442. The van der Waals surface area contributed by atoms with E-state index >= 15 is 0 Å². The fraction of sp³-hybridized carbons (Fsp3) is 0.923. The largest absolute Gasteiger partial charge is 0.480 e. The minimum atomic E-state index is -1.22. The molecular weight excluding hydrogens is 291 g/mol. The van der Waals surface area contributed by atoms with Crippen molar-refractivity contribution in [3.05, 3.63) is 0 Å². The summed E-state index contributed by atoms with van der Waals surface area (Å²) in [6.45, 7) is 2.52. The molecule has 0 aromatic rings. The van der Waals surface area contributed by atoms with Crippen molar-refractivity contribution in [1.82, 2.24) is 4.90 Å². The quantitative estimate of drug-likeness (QED) is 0.169. The van der Waals surface area contributed by atoms with Crippen LogP contribution in [0.4, 0.5) is 0 Å². The monoisotopic (exact) mass is 318 g/mol. The molecule has 1 aliphatic rings. The molecule has 0 amide bonds. The molecule has 1 heterocycles. The molecule has 0 radical (unpaired) electrons. The van der Waals surface area contributed by atoms with Crippen molar-refractivity contribution in [2.75, 3.05) is 26.2 Å². The molecule has 1 fully saturated rings. The van der Waals surface area contributed by atoms with E-state index in [1.54, 1.807) is 0 Å². The number of nitrogens with two attached hydrogens (primary N) is 1. The van der Waals surface area contributed by atoms with Crippen molar-refractivity contribution in [3.63, 3.8) is 0 Å². The number of rotatable bonds is 12. The molecule has 1 unspecified atom stereocenters. The number of unbranched alkanes of at least 4 members (excludes halogenated alkanes) is 1. The maximum Gasteiger partial charge on any atom is 0.327 e. The summed E-state index contributed by atoms with van der Waals surface area (Å²) in [6, 6.07) is 0. The maximum atomic E-state index is 11.5. The number of nitrogens with zero attached hydrogens (tertiary/aromatic N) is 1. The van der Waals surface area contributed by atoms with Crippen LogP contribution in [0.1, 0.15) is 32.1 Å². The van der Waals surface area contributed by atoms with Gasteiger partial charge in [-0.25, -0.2) is 5.26 Å². The highest BCUT2D eigenvalue weighted by molar-refractivity contribution is 6.26. The van der Waals surface area contributed by atoms with E-state index in [0.717, 1.165) is 25.9 Å². The highest BCUT2D eigenvalue weighted by Crippen LogP contribution is 2.21. The highest BCUT2D eigenvalue weighted by atomic mass is 17.5. The molecule has 128 valence electrons. The number of aliphatic carboxylic acids is 1. The number of aliphatic hydroxyl groups is 1. The van der Waals surface area contributed by atoms with Crippen LogP contribution < -0.4 is 5.73 Å². The molecule has 1 aliphatic heterocycles. The lowest BCUT2D eigenvalue weighted by Gasteiger charge is -2.27. The Kier molecular flexibility index (Phi) is 8.92. The van der Waals surface area contributed by atoms with Crippen LogP contribution >= 0.6 is 0 Å². The third-order valence-corrected chi connectivity index (χ3v) is 4.33. The van der Waals surface area contributed by atoms with E-state index in [1.807, 2.05) is 0 Å². The van der Waals surface area contributed by atoms with Gasteiger partial charge < -0.3 is 20.8 Å². The molecule has 0 aromatic carbocycles. The molecule has 22 heavy (non-hydrogen) atoms. The second-order valence-electron chi connectivity index (χ2n) is 6.06. The lowest BCUT2D eigenvalue weighted by atomic mass is 9.86. The van der Waals surface area contributed by atoms with Gasteiger partial charge in [0.15, 0.2) is 0 Å². The number of aliphatic hydroxyl groups excluding tert-OH is 1. The van der Waals surface area contributed by atoms with E-state index in [-0.39, 0.29) is 14.1 Å². The van der Waals surface area contributed by atoms with Crippen LogP contribution in [0.5, 0.6) is 0 Å². The molecular formula is C13H27BN2O6. The molecule has 1 rings (SSSR count). The average molecular weight is 318 g/mol. The average Bonchev–Trinajstić information content (AvgIpc) is 2.96. The molecule has 9 heteroatoms. The smallest absolute Gasteiger partial charge is 0.327 e. The summed E-state index contributed by atoms with van der Waals surface area (Å²) in [6.07, 6.45) is 3.85. The summed E-state index contributed by atoms with van der Waals surface area (Å²) in [4.78, 5) is 17.9. The summed E-state index contributed by atoms with van der Waals surface area (Å²) in [7, 11) is 0.261. The Labute approximate surface area is 131 Å². The normalized spacial score (nSPS) is 21.7. The Morgan fingerprint density at radius 3 is 2.77 bits per heavy atom. The van der Waals surface area contributed by atoms with Crippen molar-refractivity contribution in [2.24, 2.45) is 11.7 Å². The van der Waals surface area contributed by atoms with Crippen molar-refractivity contribution < 1.29 is 30.1 Å². The van der Waals surface area contributed by atoms with Gasteiger partial charge >= 0.3 is 13.5 Å². The molecule has 0 spiro atoms. The summed E-state index contributed by atoms with van der Waals surface area (Å²) in [5.41, 5.74) is 4.84. The molecule has 8 nitrogen and oxygen atoms in total. The van der Waals surface area contributed by atoms with Crippen molar-refractivity contribution in [2.45, 2.75) is 44.0 Å². The van der Waals surface area contributed by atoms with Crippen LogP contribution in [0.2, 0.25) is 6.32 Å². The van der Waals surface area contributed by atoms with Crippen LogP contribution in [0.15, 0.2) is 0 Å². The molecule has 0 aromatic heterocycles. The van der Waals surface area contributed by atoms with Crippen LogP contribution in [0.3, 0.4) is 0 Å². The topological polar surface area (TPSA) is 125 Å². The van der Waals surface area contributed by atoms with Gasteiger partial charge in [0.25, 0.3) is 0 Å². The number of carboxylic acid groups (broad SMARTS) is 1. The van der Waals surface area contributed by atoms with Gasteiger partial charge in [-0.2, -0.15) is 0 Å². The van der Waals surface area contributed by atoms with Crippen LogP contribution in [-0.2, 0) is 14.6 Å². The van der Waals surface area contributed by atoms with Gasteiger partial charge in [-0.15, -0.1) is 0 Å². The summed E-state index contributed by atoms with van der Waals surface area (Å²) < 4.78 is 0. The minimum Gasteiger partial charge on any atom is -0.480 e. The van der Waals surface area contributed by atoms with Crippen LogP contribution in [-0.4, -0.2) is 65.6 Å². The van der Waals surface area contributed by atoms with E-state index in [9.17, 15) is 9.90 Å². The zero-order valence-electron chi connectivity index (χ0n) is 12.9. The van der Waals surface area contributed by atoms with E-state index in [0.29, 0.717) is 38.0 Å². The molecule has 5 N–H and O–H groups in total. The number of hydrogen-bond acceptors (Lipinski definition) is 7. The Balaban J connectivity index is 2.28. The predicted octanol–water partition coefficient (Wildman–Crippen LogP) is -0.166. The lowest BCUT2D eigenvalue weighted by Crippen LogP contribution is -2.50. The Hall–Kier alpha value is -0.705. The SMILES string of the molecule is N[C@](CCCCBOOO)(CCN1CCC(CO)C1)C(=O)O. The van der Waals surface area contributed by atoms with Crippen molar-refractivity contribution in [3.8, 4) is 0 Å². The Morgan fingerprint density at radius 1 is 1.41 bits per heavy atom. The molecule has 0 aliphatic carbocycles. The highest BCUT2D eigenvalue weighted by Gasteiger charge is 2.34. The Morgan fingerprint density at radius 2 is 2.18 bits per heavy atom. The number of carbonyl (C=O) groups is 1. The predicted molar refractivity (Wildman–Crippen MR) is 81.4 cm³/mol. The summed E-state index contributed by atoms with van der Waals surface area (Å²) >= 11 is 0. The van der Waals surface area contributed by atoms with Gasteiger partial charge in [-0.05, 0) is 38.0 Å². The summed E-state index contributed by atoms with van der Waals surface area (Å²) in [5, 5.41) is 30.0. The van der Waals surface area contributed by atoms with Crippen LogP contribution in [0.25, 0.3) is 0 Å². The zero-order valence-corrected chi connectivity index (χ0v) is 12.9. The van der Waals surface area contributed by atoms with E-state index in [1.165, 1.54) is 0 Å². The minimum absolute atomic E-state index is 0.183. The molecule has 1 saturated heterocycles. The van der Waals surface area contributed by atoms with Gasteiger partial charge in [-0.1, -0.05) is 17.9 Å². The Bertz CT molecular complexity index is 336. The maximum absolute atomic E-state index is 11.5.